The van der Waals surface area contributed by atoms with Crippen LogP contribution < -0.4 is 0 Å². The SMILES string of the molecule is Cc1ccc(CN(Cc2ccc(F)cc2)C(=O)C(C)(C)C)o1. The van der Waals surface area contributed by atoms with E-state index in [0.29, 0.717) is 13.1 Å². The summed E-state index contributed by atoms with van der Waals surface area (Å²) in [5, 5.41) is 0. The molecule has 118 valence electrons. The van der Waals surface area contributed by atoms with Crippen molar-refractivity contribution in [2.45, 2.75) is 40.8 Å². The summed E-state index contributed by atoms with van der Waals surface area (Å²) >= 11 is 0. The maximum Gasteiger partial charge on any atom is 0.228 e. The van der Waals surface area contributed by atoms with Gasteiger partial charge in [-0.15, -0.1) is 0 Å². The average Bonchev–Trinajstić information content (AvgIpc) is 2.84. The zero-order valence-electron chi connectivity index (χ0n) is 13.5. The Balaban J connectivity index is 2.20. The van der Waals surface area contributed by atoms with Crippen LogP contribution >= 0.6 is 0 Å². The van der Waals surface area contributed by atoms with Crippen molar-refractivity contribution in [1.82, 2.24) is 4.90 Å². The zero-order valence-corrected chi connectivity index (χ0v) is 13.5. The van der Waals surface area contributed by atoms with Crippen molar-refractivity contribution in [3.63, 3.8) is 0 Å². The highest BCUT2D eigenvalue weighted by Crippen LogP contribution is 2.22. The number of nitrogens with zero attached hydrogens (tertiary/aromatic N) is 1. The maximum absolute atomic E-state index is 13.0. The first-order valence-corrected chi connectivity index (χ1v) is 7.35. The molecular formula is C18H22FNO2. The summed E-state index contributed by atoms with van der Waals surface area (Å²) in [6, 6.07) is 9.98. The standard InChI is InChI=1S/C18H22FNO2/c1-13-5-10-16(22-13)12-20(17(21)18(2,3)4)11-14-6-8-15(19)9-7-14/h5-10H,11-12H2,1-4H3. The summed E-state index contributed by atoms with van der Waals surface area (Å²) in [6.07, 6.45) is 0. The second-order valence-corrected chi connectivity index (χ2v) is 6.55. The number of hydrogen-bond donors (Lipinski definition) is 0. The minimum atomic E-state index is -0.484. The lowest BCUT2D eigenvalue weighted by Gasteiger charge is -2.29. The largest absolute Gasteiger partial charge is 0.464 e. The maximum atomic E-state index is 13.0. The lowest BCUT2D eigenvalue weighted by molar-refractivity contribution is -0.141. The number of carbonyl (C=O) groups is 1. The minimum absolute atomic E-state index is 0.0332. The van der Waals surface area contributed by atoms with Gasteiger partial charge >= 0.3 is 0 Å². The van der Waals surface area contributed by atoms with Gasteiger partial charge in [0.2, 0.25) is 5.91 Å². The molecule has 1 aromatic carbocycles. The van der Waals surface area contributed by atoms with Crippen molar-refractivity contribution in [2.24, 2.45) is 5.41 Å². The van der Waals surface area contributed by atoms with Crippen LogP contribution in [0.15, 0.2) is 40.8 Å². The third-order valence-electron chi connectivity index (χ3n) is 3.36. The summed E-state index contributed by atoms with van der Waals surface area (Å²) in [5.41, 5.74) is 0.407. The molecule has 0 N–H and O–H groups in total. The average molecular weight is 303 g/mol. The van der Waals surface area contributed by atoms with Gasteiger partial charge in [-0.1, -0.05) is 32.9 Å². The van der Waals surface area contributed by atoms with Gasteiger partial charge in [-0.25, -0.2) is 4.39 Å². The number of halogens is 1. The molecule has 0 saturated carbocycles. The number of benzene rings is 1. The predicted octanol–water partition coefficient (Wildman–Crippen LogP) is 4.30. The van der Waals surface area contributed by atoms with Gasteiger partial charge in [-0.05, 0) is 36.8 Å². The van der Waals surface area contributed by atoms with Gasteiger partial charge in [-0.2, -0.15) is 0 Å². The summed E-state index contributed by atoms with van der Waals surface area (Å²) in [4.78, 5) is 14.4. The Bertz CT molecular complexity index is 638. The van der Waals surface area contributed by atoms with E-state index in [4.69, 9.17) is 4.42 Å². The van der Waals surface area contributed by atoms with Crippen molar-refractivity contribution >= 4 is 5.91 Å². The first kappa shape index (κ1) is 16.3. The van der Waals surface area contributed by atoms with Crippen LogP contribution in [-0.2, 0) is 17.9 Å². The molecule has 22 heavy (non-hydrogen) atoms. The molecule has 0 spiro atoms. The minimum Gasteiger partial charge on any atom is -0.464 e. The number of hydrogen-bond acceptors (Lipinski definition) is 2. The van der Waals surface area contributed by atoms with E-state index in [1.54, 1.807) is 17.0 Å². The van der Waals surface area contributed by atoms with E-state index < -0.39 is 5.41 Å². The van der Waals surface area contributed by atoms with Gasteiger partial charge in [-0.3, -0.25) is 4.79 Å². The molecule has 0 fully saturated rings. The molecule has 0 atom stereocenters. The molecule has 4 heteroatoms. The van der Waals surface area contributed by atoms with Crippen molar-refractivity contribution in [1.29, 1.82) is 0 Å². The molecule has 1 aromatic heterocycles. The molecule has 0 aliphatic carbocycles. The highest BCUT2D eigenvalue weighted by Gasteiger charge is 2.28. The Kier molecular flexibility index (Phi) is 4.69. The van der Waals surface area contributed by atoms with E-state index in [1.807, 2.05) is 39.8 Å². The summed E-state index contributed by atoms with van der Waals surface area (Å²) in [5.74, 6) is 1.32. The van der Waals surface area contributed by atoms with Crippen molar-refractivity contribution in [3.05, 3.63) is 59.3 Å². The third kappa shape index (κ3) is 4.20. The topological polar surface area (TPSA) is 33.5 Å². The lowest BCUT2D eigenvalue weighted by atomic mass is 9.94. The van der Waals surface area contributed by atoms with E-state index in [2.05, 4.69) is 0 Å². The second-order valence-electron chi connectivity index (χ2n) is 6.55. The van der Waals surface area contributed by atoms with E-state index in [9.17, 15) is 9.18 Å². The third-order valence-corrected chi connectivity index (χ3v) is 3.36. The lowest BCUT2D eigenvalue weighted by Crippen LogP contribution is -2.38. The molecule has 2 aromatic rings. The number of amides is 1. The number of rotatable bonds is 4. The molecular weight excluding hydrogens is 281 g/mol. The van der Waals surface area contributed by atoms with Crippen LogP contribution in [0.5, 0.6) is 0 Å². The molecule has 1 heterocycles. The Hall–Kier alpha value is -2.10. The summed E-state index contributed by atoms with van der Waals surface area (Å²) < 4.78 is 18.6. The quantitative estimate of drug-likeness (QED) is 0.843. The number of furan rings is 1. The molecule has 0 bridgehead atoms. The summed E-state index contributed by atoms with van der Waals surface area (Å²) in [7, 11) is 0. The number of aryl methyl sites for hydroxylation is 1. The molecule has 1 amide bonds. The van der Waals surface area contributed by atoms with E-state index in [1.165, 1.54) is 12.1 Å². The highest BCUT2D eigenvalue weighted by atomic mass is 19.1. The van der Waals surface area contributed by atoms with Crippen LogP contribution in [0.3, 0.4) is 0 Å². The fraction of sp³-hybridized carbons (Fsp3) is 0.389. The van der Waals surface area contributed by atoms with Crippen LogP contribution in [0.2, 0.25) is 0 Å². The van der Waals surface area contributed by atoms with Gasteiger partial charge in [0, 0.05) is 12.0 Å². The first-order chi connectivity index (χ1) is 10.3. The van der Waals surface area contributed by atoms with Gasteiger partial charge in [0.1, 0.15) is 17.3 Å². The Labute approximate surface area is 130 Å². The fourth-order valence-electron chi connectivity index (χ4n) is 2.24. The molecule has 0 saturated heterocycles. The Morgan fingerprint density at radius 3 is 2.23 bits per heavy atom. The smallest absolute Gasteiger partial charge is 0.228 e. The van der Waals surface area contributed by atoms with E-state index in [0.717, 1.165) is 17.1 Å². The van der Waals surface area contributed by atoms with Gasteiger partial charge in [0.15, 0.2) is 0 Å². The Morgan fingerprint density at radius 1 is 1.09 bits per heavy atom. The first-order valence-electron chi connectivity index (χ1n) is 7.35. The molecule has 2 rings (SSSR count). The highest BCUT2D eigenvalue weighted by molar-refractivity contribution is 5.81. The molecule has 0 aliphatic heterocycles. The molecule has 0 radical (unpaired) electrons. The molecule has 3 nitrogen and oxygen atoms in total. The van der Waals surface area contributed by atoms with Gasteiger partial charge in [0.05, 0.1) is 6.54 Å². The number of carbonyl (C=O) groups excluding carboxylic acids is 1. The molecule has 0 unspecified atom stereocenters. The zero-order chi connectivity index (χ0) is 16.3. The van der Waals surface area contributed by atoms with E-state index >= 15 is 0 Å². The van der Waals surface area contributed by atoms with E-state index in [-0.39, 0.29) is 11.7 Å². The second kappa shape index (κ2) is 6.34. The van der Waals surface area contributed by atoms with Crippen molar-refractivity contribution in [2.75, 3.05) is 0 Å². The van der Waals surface area contributed by atoms with Crippen LogP contribution in [-0.4, -0.2) is 10.8 Å². The van der Waals surface area contributed by atoms with Gasteiger partial charge in [0.25, 0.3) is 0 Å². The molecule has 0 aliphatic rings. The van der Waals surface area contributed by atoms with Crippen molar-refractivity contribution in [3.8, 4) is 0 Å². The van der Waals surface area contributed by atoms with Crippen LogP contribution in [0.1, 0.15) is 37.9 Å². The fourth-order valence-corrected chi connectivity index (χ4v) is 2.24. The summed E-state index contributed by atoms with van der Waals surface area (Å²) in [6.45, 7) is 8.37. The van der Waals surface area contributed by atoms with Crippen LogP contribution in [0.25, 0.3) is 0 Å². The predicted molar refractivity (Wildman–Crippen MR) is 83.6 cm³/mol. The Morgan fingerprint density at radius 2 is 1.73 bits per heavy atom. The van der Waals surface area contributed by atoms with Crippen LogP contribution in [0.4, 0.5) is 4.39 Å². The normalized spacial score (nSPS) is 11.5. The van der Waals surface area contributed by atoms with Crippen molar-refractivity contribution < 1.29 is 13.6 Å². The monoisotopic (exact) mass is 303 g/mol. The van der Waals surface area contributed by atoms with Gasteiger partial charge < -0.3 is 9.32 Å². The van der Waals surface area contributed by atoms with Crippen LogP contribution in [0, 0.1) is 18.2 Å².